The maximum Gasteiger partial charge on any atom is 0.250 e. The first-order valence-electron chi connectivity index (χ1n) is 4.57. The highest BCUT2D eigenvalue weighted by Crippen LogP contribution is 2.13. The molecule has 0 aromatic heterocycles. The van der Waals surface area contributed by atoms with Gasteiger partial charge in [-0.05, 0) is 19.2 Å². The van der Waals surface area contributed by atoms with Gasteiger partial charge in [0.05, 0.1) is 12.3 Å². The van der Waals surface area contributed by atoms with E-state index in [-0.39, 0.29) is 18.1 Å². The van der Waals surface area contributed by atoms with Crippen LogP contribution in [-0.2, 0) is 9.59 Å². The minimum atomic E-state index is -0.178. The lowest BCUT2D eigenvalue weighted by molar-refractivity contribution is -0.164. The van der Waals surface area contributed by atoms with Gasteiger partial charge in [0.25, 0.3) is 5.91 Å². The zero-order valence-electron chi connectivity index (χ0n) is 7.91. The van der Waals surface area contributed by atoms with Gasteiger partial charge in [0.1, 0.15) is 0 Å². The van der Waals surface area contributed by atoms with Gasteiger partial charge >= 0.3 is 0 Å². The third-order valence-electron chi connectivity index (χ3n) is 2.15. The van der Waals surface area contributed by atoms with E-state index in [2.05, 4.69) is 0 Å². The van der Waals surface area contributed by atoms with Gasteiger partial charge in [0.15, 0.2) is 0 Å². The molecule has 0 saturated carbocycles. The fourth-order valence-corrected chi connectivity index (χ4v) is 1.85. The lowest BCUT2D eigenvalue weighted by Crippen LogP contribution is -2.53. The van der Waals surface area contributed by atoms with Crippen molar-refractivity contribution in [1.82, 2.24) is 10.0 Å². The van der Waals surface area contributed by atoms with E-state index in [1.54, 1.807) is 0 Å². The number of rotatable bonds is 2. The second-order valence-corrected chi connectivity index (χ2v) is 3.84. The maximum atomic E-state index is 11.5. The van der Waals surface area contributed by atoms with Crippen molar-refractivity contribution in [3.05, 3.63) is 0 Å². The van der Waals surface area contributed by atoms with E-state index in [0.717, 1.165) is 12.8 Å². The molecule has 76 valence electrons. The number of hydrogen-bond acceptors (Lipinski definition) is 2. The molecule has 2 radical (unpaired) electrons. The van der Waals surface area contributed by atoms with Gasteiger partial charge in [-0.1, -0.05) is 22.6 Å². The Morgan fingerprint density at radius 1 is 1.14 bits per heavy atom. The van der Waals surface area contributed by atoms with Crippen molar-refractivity contribution in [2.75, 3.05) is 17.5 Å². The third kappa shape index (κ3) is 2.62. The summed E-state index contributed by atoms with van der Waals surface area (Å²) in [5.74, 6) is -0.199. The first kappa shape index (κ1) is 11.8. The average Bonchev–Trinajstić information content (AvgIpc) is 2.27. The lowest BCUT2D eigenvalue weighted by atomic mass is 10.0. The summed E-state index contributed by atoms with van der Waals surface area (Å²) in [7, 11) is 5.28. The van der Waals surface area contributed by atoms with Crippen LogP contribution in [0.3, 0.4) is 0 Å². The van der Waals surface area contributed by atoms with Crippen molar-refractivity contribution in [2.24, 2.45) is 0 Å². The standard InChI is InChI=1S/C8H12BIN2O2/c9-5-7(13)11-3-1-2-4-12(11)8(14)6-10/h1-6H2. The van der Waals surface area contributed by atoms with Gasteiger partial charge in [-0.15, -0.1) is 0 Å². The van der Waals surface area contributed by atoms with E-state index < -0.39 is 0 Å². The fraction of sp³-hybridized carbons (Fsp3) is 0.750. The number of nitrogens with zero attached hydrogens (tertiary/aromatic N) is 2. The van der Waals surface area contributed by atoms with Gasteiger partial charge < -0.3 is 0 Å². The number of carbonyl (C=O) groups is 2. The van der Waals surface area contributed by atoms with Crippen molar-refractivity contribution in [2.45, 2.75) is 19.2 Å². The van der Waals surface area contributed by atoms with Crippen molar-refractivity contribution in [3.8, 4) is 0 Å². The largest absolute Gasteiger partial charge is 0.274 e. The van der Waals surface area contributed by atoms with Gasteiger partial charge in [-0.3, -0.25) is 19.6 Å². The molecule has 14 heavy (non-hydrogen) atoms. The predicted molar refractivity (Wildman–Crippen MR) is 62.1 cm³/mol. The summed E-state index contributed by atoms with van der Waals surface area (Å²) >= 11 is 2.00. The van der Waals surface area contributed by atoms with E-state index >= 15 is 0 Å². The Balaban J connectivity index is 2.68. The number of carbonyl (C=O) groups excluding carboxylic acids is 2. The normalized spacial score (nSPS) is 16.9. The quantitative estimate of drug-likeness (QED) is 0.420. The molecule has 0 aromatic rings. The zero-order chi connectivity index (χ0) is 10.6. The molecule has 0 spiro atoms. The molecule has 1 saturated heterocycles. The first-order valence-corrected chi connectivity index (χ1v) is 6.10. The van der Waals surface area contributed by atoms with Gasteiger partial charge in [-0.2, -0.15) is 0 Å². The molecule has 2 amide bonds. The van der Waals surface area contributed by atoms with E-state index in [1.807, 2.05) is 22.6 Å². The topological polar surface area (TPSA) is 40.6 Å². The Labute approximate surface area is 98.5 Å². The highest BCUT2D eigenvalue weighted by molar-refractivity contribution is 14.1. The Kier molecular flexibility index (Phi) is 4.70. The zero-order valence-corrected chi connectivity index (χ0v) is 10.1. The van der Waals surface area contributed by atoms with Gasteiger partial charge in [0.2, 0.25) is 5.91 Å². The molecular formula is C8H12BIN2O2. The van der Waals surface area contributed by atoms with E-state index in [9.17, 15) is 9.59 Å². The van der Waals surface area contributed by atoms with Crippen molar-refractivity contribution < 1.29 is 9.59 Å². The van der Waals surface area contributed by atoms with Crippen molar-refractivity contribution >= 4 is 42.3 Å². The van der Waals surface area contributed by atoms with Gasteiger partial charge in [-0.25, -0.2) is 0 Å². The summed E-state index contributed by atoms with van der Waals surface area (Å²) in [5.41, 5.74) is 0. The molecule has 0 bridgehead atoms. The van der Waals surface area contributed by atoms with Gasteiger partial charge in [0, 0.05) is 13.1 Å². The average molecular weight is 306 g/mol. The van der Waals surface area contributed by atoms with Crippen LogP contribution < -0.4 is 0 Å². The number of hydrazine groups is 1. The van der Waals surface area contributed by atoms with Crippen molar-refractivity contribution in [3.63, 3.8) is 0 Å². The molecule has 4 nitrogen and oxygen atoms in total. The van der Waals surface area contributed by atoms with Crippen LogP contribution in [0.1, 0.15) is 12.8 Å². The molecular weight excluding hydrogens is 294 g/mol. The summed E-state index contributed by atoms with van der Waals surface area (Å²) in [6, 6.07) is 0. The van der Waals surface area contributed by atoms with Crippen LogP contribution in [0.15, 0.2) is 0 Å². The summed E-state index contributed by atoms with van der Waals surface area (Å²) in [5, 5.41) is 3.00. The van der Waals surface area contributed by atoms with Crippen LogP contribution in [0.5, 0.6) is 0 Å². The summed E-state index contributed by atoms with van der Waals surface area (Å²) in [6.45, 7) is 1.24. The monoisotopic (exact) mass is 306 g/mol. The molecule has 0 aromatic carbocycles. The smallest absolute Gasteiger partial charge is 0.250 e. The molecule has 1 aliphatic heterocycles. The van der Waals surface area contributed by atoms with Crippen LogP contribution in [0.4, 0.5) is 0 Å². The maximum absolute atomic E-state index is 11.5. The number of amides is 2. The summed E-state index contributed by atoms with van der Waals surface area (Å²) in [4.78, 5) is 22.9. The minimum Gasteiger partial charge on any atom is -0.274 e. The van der Waals surface area contributed by atoms with Crippen LogP contribution >= 0.6 is 22.6 Å². The third-order valence-corrected chi connectivity index (χ3v) is 2.80. The van der Waals surface area contributed by atoms with E-state index in [4.69, 9.17) is 7.85 Å². The van der Waals surface area contributed by atoms with Crippen LogP contribution in [0.25, 0.3) is 0 Å². The molecule has 1 fully saturated rings. The Morgan fingerprint density at radius 2 is 1.64 bits per heavy atom. The predicted octanol–water partition coefficient (Wildman–Crippen LogP) is 0.374. The molecule has 1 aliphatic rings. The van der Waals surface area contributed by atoms with Crippen LogP contribution in [0.2, 0.25) is 6.32 Å². The first-order chi connectivity index (χ1) is 6.70. The highest BCUT2D eigenvalue weighted by Gasteiger charge is 2.26. The lowest BCUT2D eigenvalue weighted by Gasteiger charge is -2.38. The van der Waals surface area contributed by atoms with E-state index in [0.29, 0.717) is 17.5 Å². The molecule has 0 aliphatic carbocycles. The Hall–Kier alpha value is -0.265. The SMILES string of the molecule is [B]CC(=O)N1CCCCN1C(=O)CI. The van der Waals surface area contributed by atoms with Crippen LogP contribution in [0, 0.1) is 0 Å². The number of hydrogen-bond donors (Lipinski definition) is 0. The molecule has 0 atom stereocenters. The second-order valence-electron chi connectivity index (χ2n) is 3.08. The highest BCUT2D eigenvalue weighted by atomic mass is 127. The number of alkyl halides is 1. The van der Waals surface area contributed by atoms with Crippen molar-refractivity contribution in [1.29, 1.82) is 0 Å². The molecule has 0 unspecified atom stereocenters. The summed E-state index contributed by atoms with van der Waals surface area (Å²) in [6.07, 6.45) is 1.86. The number of halogens is 1. The Bertz CT molecular complexity index is 213. The summed E-state index contributed by atoms with van der Waals surface area (Å²) < 4.78 is 0.395. The second kappa shape index (κ2) is 5.58. The molecule has 1 rings (SSSR count). The van der Waals surface area contributed by atoms with E-state index in [1.165, 1.54) is 10.0 Å². The molecule has 0 N–H and O–H groups in total. The molecule has 1 heterocycles. The minimum absolute atomic E-state index is 0.0212. The fourth-order valence-electron chi connectivity index (χ4n) is 1.46. The molecule has 6 heteroatoms. The van der Waals surface area contributed by atoms with Crippen LogP contribution in [-0.4, -0.2) is 47.2 Å². The Morgan fingerprint density at radius 3 is 2.07 bits per heavy atom.